The highest BCUT2D eigenvalue weighted by atomic mass is 16.5. The maximum atomic E-state index is 12.6. The third-order valence-corrected chi connectivity index (χ3v) is 4.89. The number of hydrogen-bond donors (Lipinski definition) is 1. The summed E-state index contributed by atoms with van der Waals surface area (Å²) in [4.78, 5) is 14.5. The van der Waals surface area contributed by atoms with Crippen molar-refractivity contribution in [3.63, 3.8) is 0 Å². The maximum absolute atomic E-state index is 12.6. The number of nitrogens with zero attached hydrogens (tertiary/aromatic N) is 1. The quantitative estimate of drug-likeness (QED) is 0.907. The molecule has 1 aliphatic heterocycles. The zero-order valence-corrected chi connectivity index (χ0v) is 15.1. The van der Waals surface area contributed by atoms with Gasteiger partial charge in [0.15, 0.2) is 6.10 Å². The summed E-state index contributed by atoms with van der Waals surface area (Å²) >= 11 is 0. The Morgan fingerprint density at radius 1 is 1.39 bits per heavy atom. The first kappa shape index (κ1) is 17.8. The monoisotopic (exact) mass is 318 g/mol. The minimum Gasteiger partial charge on any atom is -0.481 e. The standard InChI is InChI=1S/C19H30N2O2/c1-13(2)17-7-6-16(10-14(17)3)23-15(4)18(22)21-9-8-19(5,11-20)12-21/h6-7,10,13,15H,8-9,11-12,20H2,1-5H3. The first-order valence-electron chi connectivity index (χ1n) is 8.52. The van der Waals surface area contributed by atoms with Crippen LogP contribution < -0.4 is 10.5 Å². The Kier molecular flexibility index (Phi) is 5.35. The first-order valence-corrected chi connectivity index (χ1v) is 8.52. The molecule has 2 atom stereocenters. The smallest absolute Gasteiger partial charge is 0.263 e. The number of aryl methyl sites for hydroxylation is 1. The van der Waals surface area contributed by atoms with Gasteiger partial charge in [0.1, 0.15) is 5.75 Å². The van der Waals surface area contributed by atoms with Crippen LogP contribution >= 0.6 is 0 Å². The summed E-state index contributed by atoms with van der Waals surface area (Å²) in [6, 6.07) is 6.07. The fourth-order valence-electron chi connectivity index (χ4n) is 3.26. The summed E-state index contributed by atoms with van der Waals surface area (Å²) in [5.74, 6) is 1.29. The molecule has 2 N–H and O–H groups in total. The molecule has 2 rings (SSSR count). The van der Waals surface area contributed by atoms with Crippen molar-refractivity contribution >= 4 is 5.91 Å². The van der Waals surface area contributed by atoms with Crippen LogP contribution in [0.25, 0.3) is 0 Å². The van der Waals surface area contributed by atoms with Gasteiger partial charge >= 0.3 is 0 Å². The highest BCUT2D eigenvalue weighted by Gasteiger charge is 2.36. The average Bonchev–Trinajstić information content (AvgIpc) is 2.89. The number of nitrogens with two attached hydrogens (primary N) is 1. The van der Waals surface area contributed by atoms with Gasteiger partial charge < -0.3 is 15.4 Å². The normalized spacial score (nSPS) is 22.5. The molecule has 1 aromatic rings. The molecule has 2 unspecified atom stereocenters. The molecule has 0 aliphatic carbocycles. The third kappa shape index (κ3) is 4.05. The lowest BCUT2D eigenvalue weighted by atomic mass is 9.90. The van der Waals surface area contributed by atoms with Crippen LogP contribution in [0.1, 0.15) is 51.2 Å². The number of likely N-dealkylation sites (tertiary alicyclic amines) is 1. The van der Waals surface area contributed by atoms with Crippen LogP contribution in [-0.4, -0.2) is 36.5 Å². The third-order valence-electron chi connectivity index (χ3n) is 4.89. The van der Waals surface area contributed by atoms with Crippen molar-refractivity contribution in [1.82, 2.24) is 4.90 Å². The Balaban J connectivity index is 2.00. The van der Waals surface area contributed by atoms with Gasteiger partial charge in [0, 0.05) is 13.1 Å². The van der Waals surface area contributed by atoms with Gasteiger partial charge in [-0.05, 0) is 61.4 Å². The van der Waals surface area contributed by atoms with Gasteiger partial charge in [-0.1, -0.05) is 26.8 Å². The van der Waals surface area contributed by atoms with Crippen LogP contribution in [0.3, 0.4) is 0 Å². The fourth-order valence-corrected chi connectivity index (χ4v) is 3.26. The molecule has 128 valence electrons. The topological polar surface area (TPSA) is 55.6 Å². The highest BCUT2D eigenvalue weighted by molar-refractivity contribution is 5.81. The van der Waals surface area contributed by atoms with Crippen LogP contribution in [0.4, 0.5) is 0 Å². The minimum atomic E-state index is -0.473. The van der Waals surface area contributed by atoms with Gasteiger partial charge in [0.25, 0.3) is 5.91 Å². The molecule has 4 nitrogen and oxygen atoms in total. The van der Waals surface area contributed by atoms with E-state index in [0.717, 1.165) is 25.3 Å². The molecule has 0 aromatic heterocycles. The summed E-state index contributed by atoms with van der Waals surface area (Å²) in [6.07, 6.45) is 0.490. The Hall–Kier alpha value is -1.55. The molecular formula is C19H30N2O2. The highest BCUT2D eigenvalue weighted by Crippen LogP contribution is 2.29. The fraction of sp³-hybridized carbons (Fsp3) is 0.632. The molecule has 1 saturated heterocycles. The Morgan fingerprint density at radius 2 is 2.09 bits per heavy atom. The zero-order chi connectivity index (χ0) is 17.2. The van der Waals surface area contributed by atoms with Crippen molar-refractivity contribution in [2.24, 2.45) is 11.1 Å². The van der Waals surface area contributed by atoms with Gasteiger partial charge in [-0.3, -0.25) is 4.79 Å². The maximum Gasteiger partial charge on any atom is 0.263 e. The van der Waals surface area contributed by atoms with Crippen molar-refractivity contribution in [2.45, 2.75) is 53.1 Å². The molecule has 1 aromatic carbocycles. The molecule has 4 heteroatoms. The summed E-state index contributed by atoms with van der Waals surface area (Å²) in [6.45, 7) is 12.5. The molecule has 1 aliphatic rings. The molecule has 1 heterocycles. The Labute approximate surface area is 140 Å². The number of amides is 1. The Bertz CT molecular complexity index is 570. The van der Waals surface area contributed by atoms with E-state index in [1.807, 2.05) is 24.0 Å². The van der Waals surface area contributed by atoms with Crippen LogP contribution in [0.5, 0.6) is 5.75 Å². The zero-order valence-electron chi connectivity index (χ0n) is 15.1. The second kappa shape index (κ2) is 6.91. The molecule has 0 radical (unpaired) electrons. The number of carbonyl (C=O) groups is 1. The second-order valence-corrected chi connectivity index (χ2v) is 7.46. The molecule has 0 bridgehead atoms. The largest absolute Gasteiger partial charge is 0.481 e. The number of ether oxygens (including phenoxy) is 1. The van der Waals surface area contributed by atoms with Crippen LogP contribution in [0.15, 0.2) is 18.2 Å². The number of benzene rings is 1. The van der Waals surface area contributed by atoms with Crippen LogP contribution in [0.2, 0.25) is 0 Å². The lowest BCUT2D eigenvalue weighted by Gasteiger charge is -2.25. The molecule has 1 amide bonds. The second-order valence-electron chi connectivity index (χ2n) is 7.46. The van der Waals surface area contributed by atoms with E-state index in [9.17, 15) is 4.79 Å². The number of rotatable bonds is 5. The van der Waals surface area contributed by atoms with Gasteiger partial charge in [-0.25, -0.2) is 0 Å². The number of carbonyl (C=O) groups excluding carboxylic acids is 1. The van der Waals surface area contributed by atoms with E-state index >= 15 is 0 Å². The van der Waals surface area contributed by atoms with E-state index in [-0.39, 0.29) is 11.3 Å². The van der Waals surface area contributed by atoms with Crippen molar-refractivity contribution < 1.29 is 9.53 Å². The van der Waals surface area contributed by atoms with Gasteiger partial charge in [-0.15, -0.1) is 0 Å². The SMILES string of the molecule is Cc1cc(OC(C)C(=O)N2CCC(C)(CN)C2)ccc1C(C)C. The van der Waals surface area contributed by atoms with E-state index in [1.54, 1.807) is 0 Å². The van der Waals surface area contributed by atoms with E-state index < -0.39 is 6.10 Å². The lowest BCUT2D eigenvalue weighted by molar-refractivity contribution is -0.137. The summed E-state index contributed by atoms with van der Waals surface area (Å²) < 4.78 is 5.88. The van der Waals surface area contributed by atoms with Crippen LogP contribution in [-0.2, 0) is 4.79 Å². The van der Waals surface area contributed by atoms with Crippen molar-refractivity contribution in [2.75, 3.05) is 19.6 Å². The van der Waals surface area contributed by atoms with E-state index in [2.05, 4.69) is 33.8 Å². The molecule has 0 spiro atoms. The van der Waals surface area contributed by atoms with E-state index in [0.29, 0.717) is 12.5 Å². The molecule has 0 saturated carbocycles. The minimum absolute atomic E-state index is 0.0465. The summed E-state index contributed by atoms with van der Waals surface area (Å²) in [5.41, 5.74) is 8.38. The summed E-state index contributed by atoms with van der Waals surface area (Å²) in [7, 11) is 0. The lowest BCUT2D eigenvalue weighted by Crippen LogP contribution is -2.41. The van der Waals surface area contributed by atoms with E-state index in [1.165, 1.54) is 11.1 Å². The molecule has 23 heavy (non-hydrogen) atoms. The molecular weight excluding hydrogens is 288 g/mol. The number of hydrogen-bond acceptors (Lipinski definition) is 3. The Morgan fingerprint density at radius 3 is 2.61 bits per heavy atom. The van der Waals surface area contributed by atoms with Crippen molar-refractivity contribution in [3.05, 3.63) is 29.3 Å². The van der Waals surface area contributed by atoms with E-state index in [4.69, 9.17) is 10.5 Å². The summed E-state index contributed by atoms with van der Waals surface area (Å²) in [5, 5.41) is 0. The van der Waals surface area contributed by atoms with Gasteiger partial charge in [0.05, 0.1) is 0 Å². The first-order chi connectivity index (χ1) is 10.8. The van der Waals surface area contributed by atoms with Gasteiger partial charge in [-0.2, -0.15) is 0 Å². The van der Waals surface area contributed by atoms with Gasteiger partial charge in [0.2, 0.25) is 0 Å². The molecule has 1 fully saturated rings. The average molecular weight is 318 g/mol. The predicted octanol–water partition coefficient (Wildman–Crippen LogP) is 3.08. The van der Waals surface area contributed by atoms with Crippen molar-refractivity contribution in [3.8, 4) is 5.75 Å². The van der Waals surface area contributed by atoms with Crippen LogP contribution in [0, 0.1) is 12.3 Å². The van der Waals surface area contributed by atoms with Crippen molar-refractivity contribution in [1.29, 1.82) is 0 Å². The predicted molar refractivity (Wildman–Crippen MR) is 93.7 cm³/mol.